The van der Waals surface area contributed by atoms with Gasteiger partial charge in [-0.2, -0.15) is 0 Å². The van der Waals surface area contributed by atoms with E-state index in [2.05, 4.69) is 119 Å². The minimum absolute atomic E-state index is 0. The van der Waals surface area contributed by atoms with Gasteiger partial charge in [0, 0.05) is 122 Å². The van der Waals surface area contributed by atoms with Crippen LogP contribution in [0, 0.1) is 0 Å². The van der Waals surface area contributed by atoms with Crippen molar-refractivity contribution < 1.29 is 5.48 Å². The van der Waals surface area contributed by atoms with Crippen LogP contribution in [0.15, 0.2) is 60.7 Å². The van der Waals surface area contributed by atoms with Crippen molar-refractivity contribution >= 4 is 0 Å². The first-order chi connectivity index (χ1) is 20.0. The number of H-pyrrole nitrogens is 5. The van der Waals surface area contributed by atoms with Gasteiger partial charge in [-0.15, -0.1) is 0 Å². The summed E-state index contributed by atoms with van der Waals surface area (Å²) in [7, 11) is 4.38. The lowest BCUT2D eigenvalue weighted by Gasteiger charge is -2.22. The highest BCUT2D eigenvalue weighted by Gasteiger charge is 2.17. The van der Waals surface area contributed by atoms with Gasteiger partial charge in [0.15, 0.2) is 0 Å². The van der Waals surface area contributed by atoms with Gasteiger partial charge in [0.1, 0.15) is 0 Å². The second kappa shape index (κ2) is 12.2. The Bertz CT molecular complexity index is 1380. The van der Waals surface area contributed by atoms with Crippen LogP contribution in [0.5, 0.6) is 0 Å². The van der Waals surface area contributed by atoms with Gasteiger partial charge in [0.2, 0.25) is 0 Å². The molecule has 0 saturated heterocycles. The molecule has 42 heavy (non-hydrogen) atoms. The summed E-state index contributed by atoms with van der Waals surface area (Å²) in [5.41, 5.74) is 12.4. The molecule has 10 heteroatoms. The lowest BCUT2D eigenvalue weighted by molar-refractivity contribution is 0.233. The van der Waals surface area contributed by atoms with Crippen LogP contribution < -0.4 is 0 Å². The van der Waals surface area contributed by atoms with E-state index in [1.165, 1.54) is 56.9 Å². The predicted molar refractivity (Wildman–Crippen MR) is 164 cm³/mol. The molecule has 7 rings (SSSR count). The van der Waals surface area contributed by atoms with E-state index in [0.29, 0.717) is 0 Å². The second-order valence-electron chi connectivity index (χ2n) is 12.2. The maximum absolute atomic E-state index is 3.76. The van der Waals surface area contributed by atoms with Gasteiger partial charge in [0.05, 0.1) is 0 Å². The second-order valence-corrected chi connectivity index (χ2v) is 12.2. The molecule has 10 nitrogen and oxygen atoms in total. The first-order valence-corrected chi connectivity index (χ1v) is 14.6. The molecular weight excluding hydrogens is 526 g/mol. The van der Waals surface area contributed by atoms with Crippen molar-refractivity contribution in [2.24, 2.45) is 0 Å². The zero-order chi connectivity index (χ0) is 27.8. The zero-order valence-corrected chi connectivity index (χ0v) is 24.6. The monoisotopic (exact) mass is 569 g/mol. The number of nitrogens with zero attached hydrogens (tertiary/aromatic N) is 4. The first kappa shape index (κ1) is 28.3. The van der Waals surface area contributed by atoms with Crippen LogP contribution in [-0.2, 0) is 65.4 Å². The molecule has 5 aromatic rings. The molecule has 7 heterocycles. The Morgan fingerprint density at radius 3 is 0.690 bits per heavy atom. The predicted octanol–water partition coefficient (Wildman–Crippen LogP) is 3.80. The van der Waals surface area contributed by atoms with Crippen molar-refractivity contribution in [1.29, 1.82) is 0 Å². The lowest BCUT2D eigenvalue weighted by Crippen LogP contribution is -2.25. The van der Waals surface area contributed by atoms with Gasteiger partial charge >= 0.3 is 0 Å². The molecule has 0 radical (unpaired) electrons. The van der Waals surface area contributed by atoms with Crippen molar-refractivity contribution in [3.05, 3.63) is 118 Å². The first-order valence-electron chi connectivity index (χ1n) is 14.6. The number of fused-ring (bicyclic) bond motifs is 10. The van der Waals surface area contributed by atoms with E-state index in [4.69, 9.17) is 0 Å². The summed E-state index contributed by atoms with van der Waals surface area (Å²) in [5.74, 6) is 0. The smallest absolute Gasteiger partial charge is 0.0393 e. The fourth-order valence-corrected chi connectivity index (χ4v) is 6.43. The third kappa shape index (κ3) is 6.80. The van der Waals surface area contributed by atoms with E-state index in [0.717, 1.165) is 65.4 Å². The molecule has 2 aliphatic rings. The van der Waals surface area contributed by atoms with Crippen LogP contribution in [0.2, 0.25) is 0 Å². The molecule has 0 saturated carbocycles. The Balaban J connectivity index is 0.00000316. The zero-order valence-electron chi connectivity index (χ0n) is 24.6. The maximum atomic E-state index is 3.76. The summed E-state index contributed by atoms with van der Waals surface area (Å²) >= 11 is 0. The Hall–Kier alpha value is -3.80. The number of aromatic amines is 5. The number of hydrogen-bond acceptors (Lipinski definition) is 4. The maximum Gasteiger partial charge on any atom is 0.0393 e. The molecule has 5 aromatic heterocycles. The molecule has 222 valence electrons. The number of hydrogen-bond donors (Lipinski definition) is 5. The van der Waals surface area contributed by atoms with Gasteiger partial charge < -0.3 is 30.4 Å². The molecule has 0 fully saturated rings. The molecule has 0 aromatic carbocycles. The number of rotatable bonds is 0. The summed E-state index contributed by atoms with van der Waals surface area (Å²) in [6.45, 7) is 8.63. The van der Waals surface area contributed by atoms with Crippen molar-refractivity contribution in [3.63, 3.8) is 0 Å². The molecule has 0 spiro atoms. The minimum atomic E-state index is 0. The van der Waals surface area contributed by atoms with Crippen LogP contribution in [0.3, 0.4) is 0 Å². The van der Waals surface area contributed by atoms with Crippen molar-refractivity contribution in [2.45, 2.75) is 65.4 Å². The Morgan fingerprint density at radius 2 is 0.500 bits per heavy atom. The van der Waals surface area contributed by atoms with E-state index in [-0.39, 0.29) is 5.48 Å². The van der Waals surface area contributed by atoms with Gasteiger partial charge in [-0.05, 0) is 74.8 Å². The minimum Gasteiger partial charge on any atom is -0.412 e. The lowest BCUT2D eigenvalue weighted by atomic mass is 10.3. The molecule has 0 aliphatic carbocycles. The summed E-state index contributed by atoms with van der Waals surface area (Å²) in [6.07, 6.45) is 0. The summed E-state index contributed by atoms with van der Waals surface area (Å²) in [6, 6.07) is 22.4. The third-order valence-electron chi connectivity index (χ3n) is 8.16. The largest absolute Gasteiger partial charge is 0.412 e. The average molecular weight is 570 g/mol. The molecule has 0 unspecified atom stereocenters. The highest BCUT2D eigenvalue weighted by molar-refractivity contribution is 5.20. The Labute approximate surface area is 247 Å². The normalized spacial score (nSPS) is 20.7. The van der Waals surface area contributed by atoms with E-state index in [9.17, 15) is 0 Å². The Kier molecular flexibility index (Phi) is 8.23. The fraction of sp³-hybridized carbons (Fsp3) is 0.375. The Morgan fingerprint density at radius 1 is 0.333 bits per heavy atom. The van der Waals surface area contributed by atoms with Crippen LogP contribution >= 0.6 is 0 Å². The topological polar surface area (TPSA) is 123 Å². The highest BCUT2D eigenvalue weighted by Crippen LogP contribution is 2.20. The average Bonchev–Trinajstić information content (AvgIpc) is 3.74. The summed E-state index contributed by atoms with van der Waals surface area (Å²) < 4.78 is 0. The van der Waals surface area contributed by atoms with Crippen molar-refractivity contribution in [2.75, 3.05) is 14.1 Å². The van der Waals surface area contributed by atoms with Gasteiger partial charge in [-0.1, -0.05) is 0 Å². The SMILES string of the molecule is CN1Cc2ccc([nH]2)CN2Cc3ccc([nH]3)CN(C)Cc3ccc([nH]3)CN(Cc3ccc([nH]3)C1)Cc1ccc([nH]1)C2.O. The van der Waals surface area contributed by atoms with E-state index in [1.807, 2.05) is 0 Å². The number of nitrogens with one attached hydrogen (secondary N) is 5. The fourth-order valence-electron chi connectivity index (χ4n) is 6.43. The quantitative estimate of drug-likeness (QED) is 0.195. The molecule has 0 amide bonds. The number of aromatic nitrogens is 5. The summed E-state index contributed by atoms with van der Waals surface area (Å²) in [4.78, 5) is 28.3. The van der Waals surface area contributed by atoms with Crippen LogP contribution in [0.4, 0.5) is 0 Å². The van der Waals surface area contributed by atoms with E-state index < -0.39 is 0 Å². The summed E-state index contributed by atoms with van der Waals surface area (Å²) in [5, 5.41) is 0. The standard InChI is InChI=1S/C32H41N9.H2O/c1-38-13-23-3-7-27(33-23)17-40-19-29-9-5-25(35-29)15-39(2)16-26-6-10-30(36-26)20-41(18-28-8-4-24(14-38)34-28)22-32-12-11-31(21-40)37-32;/h3-12,33-37H,13-22H2,1-2H3;1H2. The van der Waals surface area contributed by atoms with Crippen LogP contribution in [-0.4, -0.2) is 64.1 Å². The molecule has 0 atom stereocenters. The molecule has 12 bridgehead atoms. The van der Waals surface area contributed by atoms with Crippen molar-refractivity contribution in [3.8, 4) is 0 Å². The van der Waals surface area contributed by atoms with Gasteiger partial charge in [-0.25, -0.2) is 0 Å². The van der Waals surface area contributed by atoms with E-state index in [1.54, 1.807) is 0 Å². The van der Waals surface area contributed by atoms with Gasteiger partial charge in [-0.3, -0.25) is 19.6 Å². The third-order valence-corrected chi connectivity index (χ3v) is 8.16. The van der Waals surface area contributed by atoms with Crippen LogP contribution in [0.25, 0.3) is 0 Å². The highest BCUT2D eigenvalue weighted by atomic mass is 16.0. The van der Waals surface area contributed by atoms with Crippen molar-refractivity contribution in [1.82, 2.24) is 44.5 Å². The molecular formula is C32H43N9O. The van der Waals surface area contributed by atoms with E-state index >= 15 is 0 Å². The van der Waals surface area contributed by atoms with Crippen LogP contribution in [0.1, 0.15) is 56.9 Å². The van der Waals surface area contributed by atoms with Gasteiger partial charge in [0.25, 0.3) is 0 Å². The molecule has 7 N–H and O–H groups in total. The molecule has 2 aliphatic heterocycles.